The van der Waals surface area contributed by atoms with Crippen LogP contribution in [0.25, 0.3) is 33.8 Å². The quantitative estimate of drug-likeness (QED) is 0.424. The van der Waals surface area contributed by atoms with Crippen molar-refractivity contribution in [1.82, 2.24) is 9.55 Å². The number of aryl methyl sites for hydroxylation is 2. The van der Waals surface area contributed by atoms with E-state index in [1.165, 1.54) is 16.7 Å². The lowest BCUT2D eigenvalue weighted by Crippen LogP contribution is -2.10. The first kappa shape index (κ1) is 15.4. The minimum Gasteiger partial charge on any atom is -0.330 e. The Morgan fingerprint density at radius 1 is 0.808 bits per heavy atom. The summed E-state index contributed by atoms with van der Waals surface area (Å²) >= 11 is 6.21. The summed E-state index contributed by atoms with van der Waals surface area (Å²) in [6, 6.07) is 25.1. The summed E-state index contributed by atoms with van der Waals surface area (Å²) in [5, 5.41) is 0.758. The molecule has 0 amide bonds. The van der Waals surface area contributed by atoms with Crippen LogP contribution in [0.2, 0.25) is 5.02 Å². The van der Waals surface area contributed by atoms with Crippen LogP contribution < -0.4 is 0 Å². The molecule has 3 heteroatoms. The van der Waals surface area contributed by atoms with Gasteiger partial charge in [0.15, 0.2) is 0 Å². The molecule has 126 valence electrons. The highest BCUT2D eigenvalue weighted by molar-refractivity contribution is 6.30. The van der Waals surface area contributed by atoms with Crippen LogP contribution >= 0.6 is 11.6 Å². The lowest BCUT2D eigenvalue weighted by molar-refractivity contribution is 0.684. The normalized spacial score (nSPS) is 12.5. The van der Waals surface area contributed by atoms with Gasteiger partial charge < -0.3 is 4.57 Å². The van der Waals surface area contributed by atoms with Gasteiger partial charge in [-0.1, -0.05) is 72.3 Å². The van der Waals surface area contributed by atoms with Crippen LogP contribution in [0.4, 0.5) is 0 Å². The Balaban J connectivity index is 1.53. The number of hydrogen-bond donors (Lipinski definition) is 0. The summed E-state index contributed by atoms with van der Waals surface area (Å²) in [6.45, 7) is 0.957. The van der Waals surface area contributed by atoms with Crippen molar-refractivity contribution in [2.75, 3.05) is 0 Å². The molecule has 5 rings (SSSR count). The molecule has 1 aromatic heterocycles. The topological polar surface area (TPSA) is 17.8 Å². The fourth-order valence-corrected chi connectivity index (χ4v) is 3.79. The number of rotatable bonds is 2. The first-order chi connectivity index (χ1) is 12.8. The van der Waals surface area contributed by atoms with Crippen molar-refractivity contribution in [1.29, 1.82) is 0 Å². The van der Waals surface area contributed by atoms with Crippen LogP contribution in [0.1, 0.15) is 5.56 Å². The highest BCUT2D eigenvalue weighted by Gasteiger charge is 2.19. The molecule has 4 aromatic rings. The van der Waals surface area contributed by atoms with Gasteiger partial charge in [-0.2, -0.15) is 0 Å². The molecular formula is C23H17ClN2. The van der Waals surface area contributed by atoms with Gasteiger partial charge in [0.25, 0.3) is 0 Å². The Bertz CT molecular complexity index is 1080. The summed E-state index contributed by atoms with van der Waals surface area (Å²) in [6.07, 6.45) is 3.17. The van der Waals surface area contributed by atoms with Crippen molar-refractivity contribution < 1.29 is 0 Å². The standard InChI is InChI=1S/C23H17ClN2/c24-20-11-10-18-12-13-26-15-22(25-23(26)21(18)14-20)19-8-6-17(7-9-19)16-4-2-1-3-5-16/h1-11,14-15H,12-13H2. The van der Waals surface area contributed by atoms with Crippen molar-refractivity contribution in [3.05, 3.63) is 89.6 Å². The van der Waals surface area contributed by atoms with Gasteiger partial charge in [0.2, 0.25) is 0 Å². The molecule has 0 radical (unpaired) electrons. The molecule has 2 nitrogen and oxygen atoms in total. The molecule has 0 fully saturated rings. The molecule has 26 heavy (non-hydrogen) atoms. The Morgan fingerprint density at radius 3 is 2.35 bits per heavy atom. The van der Waals surface area contributed by atoms with Crippen LogP contribution in [0, 0.1) is 0 Å². The van der Waals surface area contributed by atoms with Gasteiger partial charge in [-0.15, -0.1) is 0 Å². The van der Waals surface area contributed by atoms with E-state index in [1.54, 1.807) is 0 Å². The molecule has 3 aromatic carbocycles. The molecule has 0 N–H and O–H groups in total. The smallest absolute Gasteiger partial charge is 0.141 e. The zero-order valence-corrected chi connectivity index (χ0v) is 14.9. The molecule has 1 aliphatic rings. The molecule has 0 atom stereocenters. The molecule has 1 aliphatic heterocycles. The average Bonchev–Trinajstić information content (AvgIpc) is 3.14. The number of fused-ring (bicyclic) bond motifs is 3. The fourth-order valence-electron chi connectivity index (χ4n) is 3.62. The number of imidazole rings is 1. The zero-order chi connectivity index (χ0) is 17.5. The molecule has 0 bridgehead atoms. The maximum absolute atomic E-state index is 6.21. The number of halogens is 1. The predicted molar refractivity (Wildman–Crippen MR) is 107 cm³/mol. The van der Waals surface area contributed by atoms with Crippen LogP contribution in [-0.2, 0) is 13.0 Å². The van der Waals surface area contributed by atoms with Gasteiger partial charge >= 0.3 is 0 Å². The van der Waals surface area contributed by atoms with E-state index in [0.717, 1.165) is 40.6 Å². The second kappa shape index (κ2) is 6.15. The molecule has 0 saturated heterocycles. The van der Waals surface area contributed by atoms with E-state index in [0.29, 0.717) is 0 Å². The van der Waals surface area contributed by atoms with Crippen molar-refractivity contribution >= 4 is 11.6 Å². The molecule has 0 unspecified atom stereocenters. The van der Waals surface area contributed by atoms with E-state index < -0.39 is 0 Å². The first-order valence-corrected chi connectivity index (χ1v) is 9.17. The molecular weight excluding hydrogens is 340 g/mol. The number of nitrogens with zero attached hydrogens (tertiary/aromatic N) is 2. The third kappa shape index (κ3) is 2.63. The Kier molecular flexibility index (Phi) is 3.65. The second-order valence-electron chi connectivity index (χ2n) is 6.64. The van der Waals surface area contributed by atoms with Crippen LogP contribution in [0.5, 0.6) is 0 Å². The maximum atomic E-state index is 6.21. The minimum atomic E-state index is 0.758. The Hall–Kier alpha value is -2.84. The van der Waals surface area contributed by atoms with Crippen molar-refractivity contribution in [2.24, 2.45) is 0 Å². The third-order valence-corrected chi connectivity index (χ3v) is 5.23. The van der Waals surface area contributed by atoms with Crippen LogP contribution in [0.3, 0.4) is 0 Å². The highest BCUT2D eigenvalue weighted by atomic mass is 35.5. The Morgan fingerprint density at radius 2 is 1.54 bits per heavy atom. The van der Waals surface area contributed by atoms with E-state index in [-0.39, 0.29) is 0 Å². The lowest BCUT2D eigenvalue weighted by atomic mass is 10.0. The van der Waals surface area contributed by atoms with Gasteiger partial charge in [0.05, 0.1) is 5.69 Å². The molecule has 0 saturated carbocycles. The predicted octanol–water partition coefficient (Wildman–Crippen LogP) is 6.09. The second-order valence-corrected chi connectivity index (χ2v) is 7.07. The number of aromatic nitrogens is 2. The maximum Gasteiger partial charge on any atom is 0.141 e. The minimum absolute atomic E-state index is 0.758. The van der Waals surface area contributed by atoms with Crippen molar-refractivity contribution in [3.63, 3.8) is 0 Å². The summed E-state index contributed by atoms with van der Waals surface area (Å²) in [4.78, 5) is 4.91. The average molecular weight is 357 g/mol. The number of benzene rings is 3. The summed E-state index contributed by atoms with van der Waals surface area (Å²) < 4.78 is 2.24. The van der Waals surface area contributed by atoms with Gasteiger partial charge in [0, 0.05) is 28.9 Å². The van der Waals surface area contributed by atoms with Gasteiger partial charge in [-0.05, 0) is 35.2 Å². The molecule has 2 heterocycles. The van der Waals surface area contributed by atoms with Crippen LogP contribution in [-0.4, -0.2) is 9.55 Å². The number of hydrogen-bond acceptors (Lipinski definition) is 1. The van der Waals surface area contributed by atoms with Gasteiger partial charge in [0.1, 0.15) is 5.82 Å². The van der Waals surface area contributed by atoms with Crippen molar-refractivity contribution in [2.45, 2.75) is 13.0 Å². The highest BCUT2D eigenvalue weighted by Crippen LogP contribution is 2.33. The molecule has 0 spiro atoms. The molecule has 0 aliphatic carbocycles. The SMILES string of the molecule is Clc1ccc2c(c1)-c1nc(-c3ccc(-c4ccccc4)cc3)cn1CC2. The van der Waals surface area contributed by atoms with E-state index >= 15 is 0 Å². The van der Waals surface area contributed by atoms with E-state index in [9.17, 15) is 0 Å². The monoisotopic (exact) mass is 356 g/mol. The largest absolute Gasteiger partial charge is 0.330 e. The van der Waals surface area contributed by atoms with E-state index in [4.69, 9.17) is 16.6 Å². The fraction of sp³-hybridized carbons (Fsp3) is 0.0870. The van der Waals surface area contributed by atoms with Crippen LogP contribution in [0.15, 0.2) is 79.0 Å². The van der Waals surface area contributed by atoms with Gasteiger partial charge in [-0.3, -0.25) is 0 Å². The summed E-state index contributed by atoms with van der Waals surface area (Å²) in [5.74, 6) is 1.01. The van der Waals surface area contributed by atoms with Gasteiger partial charge in [-0.25, -0.2) is 4.98 Å². The zero-order valence-electron chi connectivity index (χ0n) is 14.2. The van der Waals surface area contributed by atoms with Crippen molar-refractivity contribution in [3.8, 4) is 33.8 Å². The summed E-state index contributed by atoms with van der Waals surface area (Å²) in [5.41, 5.74) is 7.05. The van der Waals surface area contributed by atoms with E-state index in [1.807, 2.05) is 18.2 Å². The third-order valence-electron chi connectivity index (χ3n) is 5.00. The Labute approximate surface area is 157 Å². The van der Waals surface area contributed by atoms with E-state index in [2.05, 4.69) is 65.4 Å². The lowest BCUT2D eigenvalue weighted by Gasteiger charge is -2.17. The summed E-state index contributed by atoms with van der Waals surface area (Å²) in [7, 11) is 0. The first-order valence-electron chi connectivity index (χ1n) is 8.80.